The van der Waals surface area contributed by atoms with Crippen LogP contribution in [-0.4, -0.2) is 19.8 Å². The van der Waals surface area contributed by atoms with E-state index in [1.54, 1.807) is 0 Å². The van der Waals surface area contributed by atoms with Crippen molar-refractivity contribution in [3.8, 4) is 11.8 Å². The minimum Gasteiger partial charge on any atom is -0.403 e. The molecule has 0 saturated carbocycles. The highest BCUT2D eigenvalue weighted by Gasteiger charge is 2.51. The van der Waals surface area contributed by atoms with Crippen molar-refractivity contribution in [3.05, 3.63) is 155 Å². The first kappa shape index (κ1) is 30.7. The fourth-order valence-electron chi connectivity index (χ4n) is 5.74. The number of rotatable bonds is 11. The first-order valence-electron chi connectivity index (χ1n) is 14.3. The van der Waals surface area contributed by atoms with E-state index in [0.29, 0.717) is 17.6 Å². The highest BCUT2D eigenvalue weighted by molar-refractivity contribution is 6.99. The van der Waals surface area contributed by atoms with Crippen molar-refractivity contribution in [2.24, 2.45) is 0 Å². The summed E-state index contributed by atoms with van der Waals surface area (Å²) in [6.07, 6.45) is 0.810. The van der Waals surface area contributed by atoms with Gasteiger partial charge in [-0.3, -0.25) is 10.1 Å². The Bertz CT molecular complexity index is 1480. The van der Waals surface area contributed by atoms with Gasteiger partial charge in [-0.15, -0.1) is 0 Å². The van der Waals surface area contributed by atoms with Gasteiger partial charge < -0.3 is 4.43 Å². The SMILES string of the molecule is C=C(CO[Si](c1ccccc1)(c1ccccc1)C(C)(C)C)C[C@@](CCC#Cc1ccccc1)(c1ccccc1)[N+](=O)[O-]. The molecule has 0 spiro atoms. The first-order chi connectivity index (χ1) is 20.2. The molecule has 4 rings (SSSR count). The molecule has 214 valence electrons. The lowest BCUT2D eigenvalue weighted by atomic mass is 9.81. The lowest BCUT2D eigenvalue weighted by Gasteiger charge is -2.43. The number of hydrogen-bond donors (Lipinski definition) is 0. The molecule has 4 aromatic rings. The van der Waals surface area contributed by atoms with Gasteiger partial charge >= 0.3 is 0 Å². The minimum absolute atomic E-state index is 0.152. The summed E-state index contributed by atoms with van der Waals surface area (Å²) in [4.78, 5) is 12.8. The molecule has 0 aromatic heterocycles. The summed E-state index contributed by atoms with van der Waals surface area (Å²) in [5.41, 5.74) is 0.883. The molecule has 5 heteroatoms. The van der Waals surface area contributed by atoms with E-state index in [0.717, 1.165) is 15.9 Å². The van der Waals surface area contributed by atoms with Gasteiger partial charge in [0.05, 0.1) is 6.61 Å². The van der Waals surface area contributed by atoms with Crippen molar-refractivity contribution in [1.82, 2.24) is 0 Å². The van der Waals surface area contributed by atoms with Crippen molar-refractivity contribution < 1.29 is 9.35 Å². The number of hydrogen-bond acceptors (Lipinski definition) is 3. The summed E-state index contributed by atoms with van der Waals surface area (Å²) in [7, 11) is -2.82. The standard InChI is InChI=1S/C37H39NO3Si/c1-31(30-41-42(36(2,3)4,34-24-13-7-14-25-34)35-26-15-8-16-27-35)29-37(38(39)40,33-22-11-6-12-23-33)28-18-17-21-32-19-9-5-10-20-32/h5-16,19-20,22-27H,1,18,28-30H2,2-4H3/t37-/m0/s1. The second-order valence-corrected chi connectivity index (χ2v) is 16.0. The van der Waals surface area contributed by atoms with Crippen LogP contribution in [-0.2, 0) is 9.96 Å². The van der Waals surface area contributed by atoms with Gasteiger partial charge in [-0.25, -0.2) is 0 Å². The molecule has 0 heterocycles. The summed E-state index contributed by atoms with van der Waals surface area (Å²) < 4.78 is 7.06. The van der Waals surface area contributed by atoms with Crippen molar-refractivity contribution in [2.75, 3.05) is 6.61 Å². The van der Waals surface area contributed by atoms with Gasteiger partial charge in [-0.1, -0.05) is 148 Å². The lowest BCUT2D eigenvalue weighted by molar-refractivity contribution is -0.580. The highest BCUT2D eigenvalue weighted by atomic mass is 28.4. The molecule has 0 radical (unpaired) electrons. The lowest BCUT2D eigenvalue weighted by Crippen LogP contribution is -2.66. The zero-order valence-corrected chi connectivity index (χ0v) is 25.8. The smallest absolute Gasteiger partial charge is 0.261 e. The average Bonchev–Trinajstić information content (AvgIpc) is 3.00. The first-order valence-corrected chi connectivity index (χ1v) is 16.3. The van der Waals surface area contributed by atoms with Gasteiger partial charge in [0.15, 0.2) is 0 Å². The molecule has 0 aliphatic rings. The van der Waals surface area contributed by atoms with E-state index in [9.17, 15) is 10.1 Å². The Labute approximate surface area is 251 Å². The van der Waals surface area contributed by atoms with E-state index >= 15 is 0 Å². The molecule has 0 unspecified atom stereocenters. The predicted octanol–water partition coefficient (Wildman–Crippen LogP) is 7.51. The molecule has 0 amide bonds. The largest absolute Gasteiger partial charge is 0.403 e. The Hall–Kier alpha value is -4.24. The highest BCUT2D eigenvalue weighted by Crippen LogP contribution is 2.39. The Kier molecular flexibility index (Phi) is 9.95. The van der Waals surface area contributed by atoms with E-state index in [-0.39, 0.29) is 29.4 Å². The van der Waals surface area contributed by atoms with Crippen LogP contribution in [0.3, 0.4) is 0 Å². The minimum atomic E-state index is -2.82. The van der Waals surface area contributed by atoms with Crippen molar-refractivity contribution >= 4 is 18.7 Å². The molecule has 42 heavy (non-hydrogen) atoms. The molecule has 0 aliphatic carbocycles. The Morgan fingerprint density at radius 1 is 0.810 bits per heavy atom. The molecule has 0 aliphatic heterocycles. The van der Waals surface area contributed by atoms with E-state index in [4.69, 9.17) is 4.43 Å². The van der Waals surface area contributed by atoms with Crippen LogP contribution in [0.15, 0.2) is 133 Å². The van der Waals surface area contributed by atoms with Crippen LogP contribution in [0.1, 0.15) is 51.2 Å². The summed E-state index contributed by atoms with van der Waals surface area (Å²) in [5.74, 6) is 6.31. The van der Waals surface area contributed by atoms with Crippen LogP contribution >= 0.6 is 0 Å². The van der Waals surface area contributed by atoms with Gasteiger partial charge in [0.1, 0.15) is 0 Å². The fourth-order valence-corrected chi connectivity index (χ4v) is 10.3. The number of nitrogens with zero attached hydrogens (tertiary/aromatic N) is 1. The van der Waals surface area contributed by atoms with Gasteiger partial charge in [-0.2, -0.15) is 0 Å². The average molecular weight is 574 g/mol. The van der Waals surface area contributed by atoms with E-state index in [2.05, 4.69) is 63.5 Å². The zero-order chi connectivity index (χ0) is 30.1. The molecular formula is C37H39NO3Si. The van der Waals surface area contributed by atoms with Crippen molar-refractivity contribution in [3.63, 3.8) is 0 Å². The summed E-state index contributed by atoms with van der Waals surface area (Å²) in [6, 6.07) is 39.7. The summed E-state index contributed by atoms with van der Waals surface area (Å²) in [6.45, 7) is 11.2. The van der Waals surface area contributed by atoms with Crippen LogP contribution in [0.5, 0.6) is 0 Å². The monoisotopic (exact) mass is 573 g/mol. The Balaban J connectivity index is 1.65. The van der Waals surface area contributed by atoms with Gasteiger partial charge in [0.2, 0.25) is 0 Å². The van der Waals surface area contributed by atoms with Crippen LogP contribution < -0.4 is 10.4 Å². The third-order valence-corrected chi connectivity index (χ3v) is 12.8. The predicted molar refractivity (Wildman–Crippen MR) is 175 cm³/mol. The third-order valence-electron chi connectivity index (χ3n) is 7.78. The molecule has 4 nitrogen and oxygen atoms in total. The zero-order valence-electron chi connectivity index (χ0n) is 24.8. The van der Waals surface area contributed by atoms with Crippen LogP contribution in [0.4, 0.5) is 0 Å². The third kappa shape index (κ3) is 6.79. The molecule has 0 saturated heterocycles. The van der Waals surface area contributed by atoms with Gasteiger partial charge in [-0.05, 0) is 33.1 Å². The summed E-state index contributed by atoms with van der Waals surface area (Å²) >= 11 is 0. The molecule has 0 fully saturated rings. The molecule has 1 atom stereocenters. The molecule has 0 N–H and O–H groups in total. The van der Waals surface area contributed by atoms with Crippen molar-refractivity contribution in [2.45, 2.75) is 50.6 Å². The second-order valence-electron chi connectivity index (χ2n) is 11.7. The van der Waals surface area contributed by atoms with Crippen LogP contribution in [0.25, 0.3) is 0 Å². The number of benzene rings is 4. The maximum atomic E-state index is 12.9. The maximum absolute atomic E-state index is 12.9. The van der Waals surface area contributed by atoms with E-state index < -0.39 is 13.9 Å². The Morgan fingerprint density at radius 3 is 1.76 bits per heavy atom. The van der Waals surface area contributed by atoms with Gasteiger partial charge in [0.25, 0.3) is 13.9 Å². The maximum Gasteiger partial charge on any atom is 0.261 e. The quantitative estimate of drug-likeness (QED) is 0.0613. The van der Waals surface area contributed by atoms with Gasteiger partial charge in [0, 0.05) is 35.3 Å². The Morgan fingerprint density at radius 2 is 1.29 bits per heavy atom. The van der Waals surface area contributed by atoms with E-state index in [1.165, 1.54) is 0 Å². The number of nitro groups is 1. The molecule has 0 bridgehead atoms. The topological polar surface area (TPSA) is 52.4 Å². The molecular weight excluding hydrogens is 534 g/mol. The van der Waals surface area contributed by atoms with Crippen molar-refractivity contribution in [1.29, 1.82) is 0 Å². The second kappa shape index (κ2) is 13.6. The van der Waals surface area contributed by atoms with Crippen LogP contribution in [0, 0.1) is 22.0 Å². The molecule has 4 aromatic carbocycles. The summed E-state index contributed by atoms with van der Waals surface area (Å²) in [5, 5.41) is 15.0. The van der Waals surface area contributed by atoms with E-state index in [1.807, 2.05) is 97.1 Å². The fraction of sp³-hybridized carbons (Fsp3) is 0.243. The normalized spacial score (nSPS) is 12.9. The van der Waals surface area contributed by atoms with Crippen LogP contribution in [0.2, 0.25) is 5.04 Å².